The number of rotatable bonds is 8. The summed E-state index contributed by atoms with van der Waals surface area (Å²) in [6.07, 6.45) is 1.84. The molecule has 0 aromatic heterocycles. The highest BCUT2D eigenvalue weighted by molar-refractivity contribution is 5.91. The molecule has 0 radical (unpaired) electrons. The van der Waals surface area contributed by atoms with Gasteiger partial charge in [0.25, 0.3) is 5.69 Å². The molecule has 29 heavy (non-hydrogen) atoms. The lowest BCUT2D eigenvalue weighted by molar-refractivity contribution is -0.384. The molecular formula is C23H29NO5. The first-order valence-electron chi connectivity index (χ1n) is 9.77. The van der Waals surface area contributed by atoms with Crippen LogP contribution in [0.5, 0.6) is 11.5 Å². The minimum atomic E-state index is -1.27. The van der Waals surface area contributed by atoms with Gasteiger partial charge in [0.15, 0.2) is 0 Å². The highest BCUT2D eigenvalue weighted by Gasteiger charge is 2.28. The van der Waals surface area contributed by atoms with E-state index in [-0.39, 0.29) is 27.8 Å². The Morgan fingerprint density at radius 1 is 1.00 bits per heavy atom. The zero-order chi connectivity index (χ0) is 22.0. The monoisotopic (exact) mass is 399 g/mol. The van der Waals surface area contributed by atoms with Gasteiger partial charge < -0.3 is 9.84 Å². The predicted molar refractivity (Wildman–Crippen MR) is 113 cm³/mol. The first kappa shape index (κ1) is 22.4. The third-order valence-corrected chi connectivity index (χ3v) is 5.88. The summed E-state index contributed by atoms with van der Waals surface area (Å²) in [5.74, 6) is -0.633. The Balaban J connectivity index is 2.61. The van der Waals surface area contributed by atoms with Gasteiger partial charge in [-0.2, -0.15) is 0 Å². The molecule has 0 aliphatic heterocycles. The molecule has 6 heteroatoms. The third kappa shape index (κ3) is 4.75. The van der Waals surface area contributed by atoms with E-state index in [0.29, 0.717) is 5.75 Å². The number of nitrogens with zero attached hydrogens (tertiary/aromatic N) is 1. The summed E-state index contributed by atoms with van der Waals surface area (Å²) in [5.41, 5.74) is 1.44. The van der Waals surface area contributed by atoms with Crippen LogP contribution < -0.4 is 4.74 Å². The van der Waals surface area contributed by atoms with Gasteiger partial charge in [0.1, 0.15) is 17.1 Å². The molecule has 0 spiro atoms. The minimum Gasteiger partial charge on any atom is -0.478 e. The molecule has 0 bridgehead atoms. The van der Waals surface area contributed by atoms with Crippen molar-refractivity contribution in [2.75, 3.05) is 0 Å². The first-order chi connectivity index (χ1) is 13.4. The van der Waals surface area contributed by atoms with E-state index in [1.165, 1.54) is 17.7 Å². The fraction of sp³-hybridized carbons (Fsp3) is 0.435. The van der Waals surface area contributed by atoms with E-state index in [9.17, 15) is 20.0 Å². The van der Waals surface area contributed by atoms with Crippen LogP contribution in [-0.2, 0) is 10.8 Å². The van der Waals surface area contributed by atoms with E-state index in [1.54, 1.807) is 0 Å². The number of carboxylic acids is 1. The first-order valence-corrected chi connectivity index (χ1v) is 9.77. The highest BCUT2D eigenvalue weighted by Crippen LogP contribution is 2.41. The predicted octanol–water partition coefficient (Wildman–Crippen LogP) is 6.46. The highest BCUT2D eigenvalue weighted by atomic mass is 16.6. The van der Waals surface area contributed by atoms with E-state index in [1.807, 2.05) is 12.1 Å². The van der Waals surface area contributed by atoms with Gasteiger partial charge in [-0.3, -0.25) is 10.1 Å². The number of hydrogen-bond acceptors (Lipinski definition) is 4. The molecule has 6 nitrogen and oxygen atoms in total. The van der Waals surface area contributed by atoms with Crippen LogP contribution in [0.25, 0.3) is 0 Å². The number of nitro benzene ring substituents is 1. The summed E-state index contributed by atoms with van der Waals surface area (Å²) < 4.78 is 6.02. The van der Waals surface area contributed by atoms with E-state index < -0.39 is 10.9 Å². The Hall–Kier alpha value is -2.89. The SMILES string of the molecule is CCC(C)(C)c1ccc(Oc2ccc([N+](=O)[O-])cc2C(=O)O)c(C(C)(C)CC)c1. The molecule has 2 aromatic rings. The number of nitro groups is 1. The van der Waals surface area contributed by atoms with Crippen molar-refractivity contribution in [2.45, 2.75) is 65.2 Å². The summed E-state index contributed by atoms with van der Waals surface area (Å²) in [5, 5.41) is 20.5. The molecule has 0 atom stereocenters. The number of hydrogen-bond donors (Lipinski definition) is 1. The molecule has 0 saturated carbocycles. The smallest absolute Gasteiger partial charge is 0.339 e. The Bertz CT molecular complexity index is 931. The number of non-ortho nitro benzene ring substituents is 1. The zero-order valence-electron chi connectivity index (χ0n) is 17.9. The third-order valence-electron chi connectivity index (χ3n) is 5.88. The van der Waals surface area contributed by atoms with Gasteiger partial charge in [-0.15, -0.1) is 0 Å². The van der Waals surface area contributed by atoms with Crippen molar-refractivity contribution < 1.29 is 19.6 Å². The maximum atomic E-state index is 11.6. The minimum absolute atomic E-state index is 0.00329. The Morgan fingerprint density at radius 2 is 1.59 bits per heavy atom. The molecule has 0 heterocycles. The van der Waals surface area contributed by atoms with Crippen LogP contribution >= 0.6 is 0 Å². The number of benzene rings is 2. The molecule has 0 fully saturated rings. The van der Waals surface area contributed by atoms with Gasteiger partial charge in [-0.25, -0.2) is 4.79 Å². The van der Waals surface area contributed by atoms with Gasteiger partial charge in [-0.05, 0) is 41.4 Å². The number of ether oxygens (including phenoxy) is 1. The van der Waals surface area contributed by atoms with Gasteiger partial charge in [0.2, 0.25) is 0 Å². The topological polar surface area (TPSA) is 89.7 Å². The van der Waals surface area contributed by atoms with Crippen molar-refractivity contribution in [3.8, 4) is 11.5 Å². The molecule has 0 aliphatic carbocycles. The lowest BCUT2D eigenvalue weighted by Gasteiger charge is -2.30. The van der Waals surface area contributed by atoms with Crippen LogP contribution in [0, 0.1) is 10.1 Å². The van der Waals surface area contributed by atoms with Crippen molar-refractivity contribution in [1.82, 2.24) is 0 Å². The molecule has 2 aromatic carbocycles. The van der Waals surface area contributed by atoms with Gasteiger partial charge in [0, 0.05) is 17.7 Å². The van der Waals surface area contributed by atoms with Crippen molar-refractivity contribution >= 4 is 11.7 Å². The second-order valence-electron chi connectivity index (χ2n) is 8.53. The van der Waals surface area contributed by atoms with Gasteiger partial charge in [0.05, 0.1) is 4.92 Å². The van der Waals surface area contributed by atoms with E-state index in [0.717, 1.165) is 24.5 Å². The second-order valence-corrected chi connectivity index (χ2v) is 8.53. The van der Waals surface area contributed by atoms with Crippen molar-refractivity contribution in [2.24, 2.45) is 0 Å². The standard InChI is InChI=1S/C23H29NO5/c1-7-22(3,4)15-9-11-20(18(13-15)23(5,6)8-2)29-19-12-10-16(24(27)28)14-17(19)21(25)26/h9-14H,7-8H2,1-6H3,(H,25,26). The molecule has 1 N–H and O–H groups in total. The molecule has 0 amide bonds. The number of carbonyl (C=O) groups is 1. The normalized spacial score (nSPS) is 11.9. The molecule has 2 rings (SSSR count). The number of carboxylic acid groups (broad SMARTS) is 1. The second kappa shape index (κ2) is 8.23. The Kier molecular flexibility index (Phi) is 6.36. The molecule has 156 valence electrons. The maximum absolute atomic E-state index is 11.6. The largest absolute Gasteiger partial charge is 0.478 e. The molecule has 0 unspecified atom stereocenters. The van der Waals surface area contributed by atoms with E-state index in [4.69, 9.17) is 4.74 Å². The molecule has 0 aliphatic rings. The summed E-state index contributed by atoms with van der Waals surface area (Å²) in [4.78, 5) is 22.0. The van der Waals surface area contributed by atoms with Crippen molar-refractivity contribution in [3.05, 3.63) is 63.2 Å². The van der Waals surface area contributed by atoms with Crippen LogP contribution in [0.15, 0.2) is 36.4 Å². The average molecular weight is 399 g/mol. The Morgan fingerprint density at radius 3 is 2.10 bits per heavy atom. The fourth-order valence-electron chi connectivity index (χ4n) is 2.97. The van der Waals surface area contributed by atoms with Gasteiger partial charge >= 0.3 is 5.97 Å². The van der Waals surface area contributed by atoms with Crippen LogP contribution in [0.3, 0.4) is 0 Å². The lowest BCUT2D eigenvalue weighted by atomic mass is 9.76. The van der Waals surface area contributed by atoms with Gasteiger partial charge in [-0.1, -0.05) is 53.7 Å². The fourth-order valence-corrected chi connectivity index (χ4v) is 2.97. The summed E-state index contributed by atoms with van der Waals surface area (Å²) in [7, 11) is 0. The molecular weight excluding hydrogens is 370 g/mol. The summed E-state index contributed by atoms with van der Waals surface area (Å²) >= 11 is 0. The quantitative estimate of drug-likeness (QED) is 0.406. The summed E-state index contributed by atoms with van der Waals surface area (Å²) in [6, 6.07) is 9.62. The van der Waals surface area contributed by atoms with Crippen LogP contribution in [-0.4, -0.2) is 16.0 Å². The van der Waals surface area contributed by atoms with Crippen molar-refractivity contribution in [3.63, 3.8) is 0 Å². The summed E-state index contributed by atoms with van der Waals surface area (Å²) in [6.45, 7) is 12.8. The maximum Gasteiger partial charge on any atom is 0.339 e. The Labute approximate surface area is 171 Å². The van der Waals surface area contributed by atoms with E-state index in [2.05, 4.69) is 47.6 Å². The number of aromatic carboxylic acids is 1. The average Bonchev–Trinajstić information content (AvgIpc) is 2.67. The van der Waals surface area contributed by atoms with Crippen LogP contribution in [0.1, 0.15) is 75.9 Å². The zero-order valence-corrected chi connectivity index (χ0v) is 17.9. The van der Waals surface area contributed by atoms with Crippen LogP contribution in [0.2, 0.25) is 0 Å². The van der Waals surface area contributed by atoms with E-state index >= 15 is 0 Å². The lowest BCUT2D eigenvalue weighted by Crippen LogP contribution is -2.21. The molecule has 0 saturated heterocycles. The van der Waals surface area contributed by atoms with Crippen LogP contribution in [0.4, 0.5) is 5.69 Å². The van der Waals surface area contributed by atoms with Crippen molar-refractivity contribution in [1.29, 1.82) is 0 Å².